The predicted octanol–water partition coefficient (Wildman–Crippen LogP) is 2.72. The number of benzene rings is 1. The normalized spacial score (nSPS) is 11.0. The molecule has 110 valence electrons. The number of amides is 1. The van der Waals surface area contributed by atoms with Gasteiger partial charge in [0.25, 0.3) is 5.91 Å². The van der Waals surface area contributed by atoms with Gasteiger partial charge in [0.05, 0.1) is 12.7 Å². The summed E-state index contributed by atoms with van der Waals surface area (Å²) in [6.07, 6.45) is 0.328. The minimum absolute atomic E-state index is 0.00890. The summed E-state index contributed by atoms with van der Waals surface area (Å²) in [6, 6.07) is 4.73. The molecule has 0 aliphatic carbocycles. The van der Waals surface area contributed by atoms with Crippen LogP contribution in [-0.2, 0) is 4.79 Å². The Morgan fingerprint density at radius 3 is 2.60 bits per heavy atom. The van der Waals surface area contributed by atoms with Crippen molar-refractivity contribution in [2.24, 2.45) is 0 Å². The topological polar surface area (TPSA) is 75.6 Å². The number of hydrogen-bond donors (Lipinski definition) is 2. The highest BCUT2D eigenvalue weighted by Gasteiger charge is 2.23. The number of halogens is 1. The molecule has 20 heavy (non-hydrogen) atoms. The molecule has 1 rings (SSSR count). The van der Waals surface area contributed by atoms with Crippen molar-refractivity contribution >= 4 is 23.5 Å². The number of rotatable bonds is 6. The molecule has 0 aliphatic rings. The van der Waals surface area contributed by atoms with Gasteiger partial charge in [0, 0.05) is 17.0 Å². The summed E-state index contributed by atoms with van der Waals surface area (Å²) in [5, 5.41) is 12.0. The first-order valence-electron chi connectivity index (χ1n) is 6.13. The summed E-state index contributed by atoms with van der Waals surface area (Å²) < 4.78 is 5.12. The fourth-order valence-corrected chi connectivity index (χ4v) is 1.87. The number of carboxylic acid groups (broad SMARTS) is 1. The quantitative estimate of drug-likeness (QED) is 0.847. The van der Waals surface area contributed by atoms with E-state index in [0.717, 1.165) is 0 Å². The molecule has 2 N–H and O–H groups in total. The van der Waals surface area contributed by atoms with Crippen LogP contribution in [0.5, 0.6) is 5.75 Å². The average Bonchev–Trinajstić information content (AvgIpc) is 2.35. The van der Waals surface area contributed by atoms with Crippen molar-refractivity contribution in [1.82, 2.24) is 5.32 Å². The molecular weight excluding hydrogens is 282 g/mol. The second-order valence-electron chi connectivity index (χ2n) is 5.08. The van der Waals surface area contributed by atoms with E-state index in [-0.39, 0.29) is 12.3 Å². The lowest BCUT2D eigenvalue weighted by Gasteiger charge is -2.26. The largest absolute Gasteiger partial charge is 0.496 e. The van der Waals surface area contributed by atoms with Gasteiger partial charge < -0.3 is 15.2 Å². The minimum Gasteiger partial charge on any atom is -0.496 e. The minimum atomic E-state index is -0.892. The number of aliphatic carboxylic acids is 1. The molecule has 0 unspecified atom stereocenters. The molecule has 1 aromatic carbocycles. The molecule has 0 spiro atoms. The van der Waals surface area contributed by atoms with Gasteiger partial charge in [-0.3, -0.25) is 9.59 Å². The maximum absolute atomic E-state index is 12.2. The number of ether oxygens (including phenoxy) is 1. The van der Waals surface area contributed by atoms with Gasteiger partial charge in [0.2, 0.25) is 0 Å². The van der Waals surface area contributed by atoms with Crippen LogP contribution in [0.1, 0.15) is 37.0 Å². The summed E-state index contributed by atoms with van der Waals surface area (Å²) in [5.74, 6) is -0.839. The summed E-state index contributed by atoms with van der Waals surface area (Å²) >= 11 is 5.84. The summed E-state index contributed by atoms with van der Waals surface area (Å²) in [7, 11) is 1.46. The number of carbonyl (C=O) groups is 2. The second kappa shape index (κ2) is 6.61. The Bertz CT molecular complexity index is 514. The Hall–Kier alpha value is -1.75. The Morgan fingerprint density at radius 2 is 2.05 bits per heavy atom. The van der Waals surface area contributed by atoms with Crippen LogP contribution in [0, 0.1) is 0 Å². The highest BCUT2D eigenvalue weighted by atomic mass is 35.5. The third kappa shape index (κ3) is 4.74. The van der Waals surface area contributed by atoms with E-state index in [4.69, 9.17) is 21.4 Å². The van der Waals surface area contributed by atoms with Gasteiger partial charge in [-0.05, 0) is 38.5 Å². The number of carbonyl (C=O) groups excluding carboxylic acids is 1. The van der Waals surface area contributed by atoms with Gasteiger partial charge in [-0.15, -0.1) is 0 Å². The molecule has 6 heteroatoms. The highest BCUT2D eigenvalue weighted by Crippen LogP contribution is 2.24. The van der Waals surface area contributed by atoms with Crippen molar-refractivity contribution in [2.45, 2.75) is 32.2 Å². The Morgan fingerprint density at radius 1 is 1.40 bits per heavy atom. The monoisotopic (exact) mass is 299 g/mol. The lowest BCUT2D eigenvalue weighted by Crippen LogP contribution is -2.43. The molecule has 0 heterocycles. The number of nitrogens with one attached hydrogen (secondary N) is 1. The van der Waals surface area contributed by atoms with Crippen molar-refractivity contribution in [3.05, 3.63) is 28.8 Å². The van der Waals surface area contributed by atoms with Crippen LogP contribution in [0.4, 0.5) is 0 Å². The van der Waals surface area contributed by atoms with E-state index in [1.807, 2.05) is 0 Å². The SMILES string of the molecule is COc1cc(Cl)ccc1C(=O)NC(C)(C)CCC(=O)O. The molecule has 0 aliphatic heterocycles. The van der Waals surface area contributed by atoms with Crippen LogP contribution in [0.2, 0.25) is 5.02 Å². The van der Waals surface area contributed by atoms with E-state index in [9.17, 15) is 9.59 Å². The number of hydrogen-bond acceptors (Lipinski definition) is 3. The summed E-state index contributed by atoms with van der Waals surface area (Å²) in [5.41, 5.74) is -0.263. The Labute approximate surface area is 122 Å². The Balaban J connectivity index is 2.83. The smallest absolute Gasteiger partial charge is 0.303 e. The molecule has 0 saturated heterocycles. The summed E-state index contributed by atoms with van der Waals surface area (Å²) in [4.78, 5) is 22.8. The van der Waals surface area contributed by atoms with Crippen molar-refractivity contribution in [2.75, 3.05) is 7.11 Å². The van der Waals surface area contributed by atoms with Crippen molar-refractivity contribution < 1.29 is 19.4 Å². The van der Waals surface area contributed by atoms with Crippen LogP contribution in [0.15, 0.2) is 18.2 Å². The molecule has 0 bridgehead atoms. The lowest BCUT2D eigenvalue weighted by atomic mass is 9.97. The molecular formula is C14H18ClNO4. The second-order valence-corrected chi connectivity index (χ2v) is 5.51. The first-order valence-corrected chi connectivity index (χ1v) is 6.51. The molecule has 0 radical (unpaired) electrons. The Kier molecular flexibility index (Phi) is 5.39. The molecule has 0 saturated carbocycles. The van der Waals surface area contributed by atoms with E-state index >= 15 is 0 Å². The first kappa shape index (κ1) is 16.3. The molecule has 0 atom stereocenters. The third-order valence-corrected chi connectivity index (χ3v) is 3.06. The van der Waals surface area contributed by atoms with E-state index in [0.29, 0.717) is 22.8 Å². The zero-order valence-electron chi connectivity index (χ0n) is 11.7. The summed E-state index contributed by atoms with van der Waals surface area (Å²) in [6.45, 7) is 3.55. The lowest BCUT2D eigenvalue weighted by molar-refractivity contribution is -0.137. The average molecular weight is 300 g/mol. The van der Waals surface area contributed by atoms with Gasteiger partial charge in [0.1, 0.15) is 5.75 Å². The zero-order valence-corrected chi connectivity index (χ0v) is 12.5. The molecule has 1 amide bonds. The molecule has 1 aromatic rings. The van der Waals surface area contributed by atoms with E-state index < -0.39 is 11.5 Å². The predicted molar refractivity (Wildman–Crippen MR) is 76.4 cm³/mol. The van der Waals surface area contributed by atoms with Crippen LogP contribution < -0.4 is 10.1 Å². The van der Waals surface area contributed by atoms with Gasteiger partial charge in [-0.25, -0.2) is 0 Å². The van der Waals surface area contributed by atoms with Crippen LogP contribution in [-0.4, -0.2) is 29.6 Å². The third-order valence-electron chi connectivity index (χ3n) is 2.82. The maximum Gasteiger partial charge on any atom is 0.303 e. The van der Waals surface area contributed by atoms with Crippen LogP contribution in [0.25, 0.3) is 0 Å². The van der Waals surface area contributed by atoms with Gasteiger partial charge >= 0.3 is 5.97 Å². The van der Waals surface area contributed by atoms with E-state index in [2.05, 4.69) is 5.32 Å². The first-order chi connectivity index (χ1) is 9.25. The van der Waals surface area contributed by atoms with Gasteiger partial charge in [-0.1, -0.05) is 11.6 Å². The fourth-order valence-electron chi connectivity index (χ4n) is 1.71. The van der Waals surface area contributed by atoms with E-state index in [1.165, 1.54) is 7.11 Å². The standard InChI is InChI=1S/C14H18ClNO4/c1-14(2,7-6-12(17)18)16-13(19)10-5-4-9(15)8-11(10)20-3/h4-5,8H,6-7H2,1-3H3,(H,16,19)(H,17,18). The van der Waals surface area contributed by atoms with Crippen molar-refractivity contribution in [3.63, 3.8) is 0 Å². The molecule has 0 fully saturated rings. The van der Waals surface area contributed by atoms with Crippen LogP contribution in [0.3, 0.4) is 0 Å². The van der Waals surface area contributed by atoms with Gasteiger partial charge in [-0.2, -0.15) is 0 Å². The highest BCUT2D eigenvalue weighted by molar-refractivity contribution is 6.30. The van der Waals surface area contributed by atoms with Gasteiger partial charge in [0.15, 0.2) is 0 Å². The zero-order chi connectivity index (χ0) is 15.3. The number of methoxy groups -OCH3 is 1. The van der Waals surface area contributed by atoms with Crippen molar-refractivity contribution in [3.8, 4) is 5.75 Å². The fraction of sp³-hybridized carbons (Fsp3) is 0.429. The molecule has 0 aromatic heterocycles. The van der Waals surface area contributed by atoms with E-state index in [1.54, 1.807) is 32.0 Å². The molecule has 5 nitrogen and oxygen atoms in total. The van der Waals surface area contributed by atoms with Crippen LogP contribution >= 0.6 is 11.6 Å². The number of carboxylic acids is 1. The maximum atomic E-state index is 12.2. The van der Waals surface area contributed by atoms with Crippen molar-refractivity contribution in [1.29, 1.82) is 0 Å².